The number of halogens is 1. The molecule has 0 aromatic heterocycles. The maximum atomic E-state index is 11.3. The molecule has 0 saturated heterocycles. The molecule has 0 bridgehead atoms. The molecule has 9 heteroatoms. The van der Waals surface area contributed by atoms with Gasteiger partial charge >= 0.3 is 0 Å². The highest BCUT2D eigenvalue weighted by molar-refractivity contribution is 7.97. The van der Waals surface area contributed by atoms with E-state index in [1.165, 1.54) is 12.1 Å². The number of hydrogen-bond acceptors (Lipinski definition) is 6. The lowest BCUT2D eigenvalue weighted by Crippen LogP contribution is -2.34. The van der Waals surface area contributed by atoms with Crippen LogP contribution in [0, 0.1) is 0 Å². The van der Waals surface area contributed by atoms with E-state index in [1.54, 1.807) is 24.1 Å². The van der Waals surface area contributed by atoms with E-state index < -0.39 is 10.0 Å². The van der Waals surface area contributed by atoms with Gasteiger partial charge in [-0.1, -0.05) is 18.5 Å². The lowest BCUT2D eigenvalue weighted by atomic mass is 10.2. The molecule has 1 unspecified atom stereocenters. The normalized spacial score (nSPS) is 17.0. The van der Waals surface area contributed by atoms with Crippen LogP contribution in [0.5, 0.6) is 0 Å². The van der Waals surface area contributed by atoms with Crippen LogP contribution in [0.2, 0.25) is 5.02 Å². The number of hydrogen-bond donors (Lipinski definition) is 4. The van der Waals surface area contributed by atoms with Gasteiger partial charge in [-0.2, -0.15) is 0 Å². The Morgan fingerprint density at radius 2 is 2.00 bits per heavy atom. The van der Waals surface area contributed by atoms with Crippen molar-refractivity contribution in [1.82, 2.24) is 4.72 Å². The average Bonchev–Trinajstić information content (AvgIpc) is 2.55. The largest absolute Gasteiger partial charge is 0.368 e. The molecule has 1 heterocycles. The summed E-state index contributed by atoms with van der Waals surface area (Å²) in [6.45, 7) is 2.10. The van der Waals surface area contributed by atoms with E-state index in [1.807, 2.05) is 12.1 Å². The van der Waals surface area contributed by atoms with Gasteiger partial charge in [-0.25, -0.2) is 18.3 Å². The zero-order valence-corrected chi connectivity index (χ0v) is 15.2. The van der Waals surface area contributed by atoms with E-state index in [4.69, 9.17) is 16.7 Å². The van der Waals surface area contributed by atoms with E-state index in [9.17, 15) is 8.42 Å². The van der Waals surface area contributed by atoms with Gasteiger partial charge in [-0.3, -0.25) is 0 Å². The minimum absolute atomic E-state index is 0.0687. The molecule has 128 valence electrons. The highest BCUT2D eigenvalue weighted by Gasteiger charge is 2.18. The van der Waals surface area contributed by atoms with Crippen molar-refractivity contribution < 1.29 is 8.42 Å². The summed E-state index contributed by atoms with van der Waals surface area (Å²) in [5.74, 6) is 0. The number of rotatable bonds is 4. The Bertz CT molecular complexity index is 857. The van der Waals surface area contributed by atoms with Crippen molar-refractivity contribution in [2.24, 2.45) is 5.14 Å². The van der Waals surface area contributed by atoms with Crippen molar-refractivity contribution >= 4 is 50.6 Å². The Labute approximate surface area is 150 Å². The number of nitrogens with two attached hydrogens (primary N) is 1. The minimum atomic E-state index is -3.69. The third kappa shape index (κ3) is 3.79. The summed E-state index contributed by atoms with van der Waals surface area (Å²) < 4.78 is 25.9. The predicted octanol–water partition coefficient (Wildman–Crippen LogP) is 3.49. The highest BCUT2D eigenvalue weighted by Crippen LogP contribution is 2.38. The van der Waals surface area contributed by atoms with Gasteiger partial charge < -0.3 is 10.6 Å². The van der Waals surface area contributed by atoms with E-state index in [2.05, 4.69) is 22.3 Å². The molecule has 24 heavy (non-hydrogen) atoms. The smallest absolute Gasteiger partial charge is 0.238 e. The van der Waals surface area contributed by atoms with Crippen LogP contribution in [0.3, 0.4) is 0 Å². The number of sulfonamides is 1. The molecular formula is C15H17ClN4O2S2. The summed E-state index contributed by atoms with van der Waals surface area (Å²) in [4.78, 5) is 1.10. The van der Waals surface area contributed by atoms with Crippen molar-refractivity contribution in [1.29, 1.82) is 0 Å². The lowest BCUT2D eigenvalue weighted by Gasteiger charge is -2.27. The van der Waals surface area contributed by atoms with E-state index in [0.29, 0.717) is 5.02 Å². The first-order valence-corrected chi connectivity index (χ1v) is 10.0. The Morgan fingerprint density at radius 3 is 2.62 bits per heavy atom. The summed E-state index contributed by atoms with van der Waals surface area (Å²) >= 11 is 7.91. The first-order chi connectivity index (χ1) is 11.4. The molecule has 0 radical (unpaired) electrons. The van der Waals surface area contributed by atoms with Crippen molar-refractivity contribution in [3.63, 3.8) is 0 Å². The predicted molar refractivity (Wildman–Crippen MR) is 99.2 cm³/mol. The molecule has 6 nitrogen and oxygen atoms in total. The summed E-state index contributed by atoms with van der Waals surface area (Å²) in [6, 6.07) is 10.0. The van der Waals surface area contributed by atoms with Crippen LogP contribution in [0.1, 0.15) is 13.3 Å². The molecule has 0 aliphatic carbocycles. The number of nitrogens with one attached hydrogen (secondary N) is 3. The number of primary sulfonamides is 1. The van der Waals surface area contributed by atoms with Gasteiger partial charge in [0.1, 0.15) is 0 Å². The van der Waals surface area contributed by atoms with Gasteiger partial charge in [-0.05, 0) is 54.8 Å². The molecular weight excluding hydrogens is 368 g/mol. The molecule has 0 fully saturated rings. The van der Waals surface area contributed by atoms with Crippen molar-refractivity contribution in [2.75, 3.05) is 10.6 Å². The molecule has 1 aliphatic heterocycles. The Balaban J connectivity index is 1.83. The zero-order chi connectivity index (χ0) is 17.3. The highest BCUT2D eigenvalue weighted by atomic mass is 35.5. The summed E-state index contributed by atoms with van der Waals surface area (Å²) in [6.07, 6.45) is 1.17. The van der Waals surface area contributed by atoms with Crippen molar-refractivity contribution in [2.45, 2.75) is 29.3 Å². The van der Waals surface area contributed by atoms with Crippen LogP contribution in [-0.4, -0.2) is 14.6 Å². The van der Waals surface area contributed by atoms with Gasteiger partial charge in [0.25, 0.3) is 0 Å². The van der Waals surface area contributed by atoms with Crippen molar-refractivity contribution in [3.05, 3.63) is 41.4 Å². The zero-order valence-electron chi connectivity index (χ0n) is 12.8. The number of anilines is 3. The molecule has 2 aromatic rings. The minimum Gasteiger partial charge on any atom is -0.368 e. The van der Waals surface area contributed by atoms with Crippen LogP contribution in [0.4, 0.5) is 17.1 Å². The molecule has 0 saturated carbocycles. The van der Waals surface area contributed by atoms with E-state index in [-0.39, 0.29) is 11.1 Å². The number of fused-ring (bicyclic) bond motifs is 1. The Hall–Kier alpha value is -1.45. The fraction of sp³-hybridized carbons (Fsp3) is 0.200. The second-order valence-electron chi connectivity index (χ2n) is 5.35. The van der Waals surface area contributed by atoms with Gasteiger partial charge in [0.05, 0.1) is 27.5 Å². The standard InChI is InChI=1S/C15H17ClN4O2S2/c1-2-15-19-13-7-11(16)12(8-14(13)23-20-15)18-9-3-5-10(6-4-9)24(17,21)22/h3-8,15,18-20H,2H2,1H3,(H2,17,21,22). The quantitative estimate of drug-likeness (QED) is 0.602. The van der Waals surface area contributed by atoms with Gasteiger partial charge in [0.15, 0.2) is 0 Å². The summed E-state index contributed by atoms with van der Waals surface area (Å²) in [7, 11) is -3.69. The van der Waals surface area contributed by atoms with Crippen LogP contribution in [-0.2, 0) is 10.0 Å². The average molecular weight is 385 g/mol. The van der Waals surface area contributed by atoms with E-state index in [0.717, 1.165) is 28.4 Å². The molecule has 2 aromatic carbocycles. The van der Waals surface area contributed by atoms with Crippen LogP contribution >= 0.6 is 23.5 Å². The van der Waals surface area contributed by atoms with Gasteiger partial charge in [0, 0.05) is 10.6 Å². The topological polar surface area (TPSA) is 96.2 Å². The summed E-state index contributed by atoms with van der Waals surface area (Å²) in [5.41, 5.74) is 2.45. The summed E-state index contributed by atoms with van der Waals surface area (Å²) in [5, 5.41) is 12.2. The monoisotopic (exact) mass is 384 g/mol. The van der Waals surface area contributed by atoms with E-state index >= 15 is 0 Å². The first kappa shape index (κ1) is 17.4. The van der Waals surface area contributed by atoms with Crippen molar-refractivity contribution in [3.8, 4) is 0 Å². The molecule has 3 rings (SSSR count). The second kappa shape index (κ2) is 6.81. The second-order valence-corrected chi connectivity index (χ2v) is 8.20. The fourth-order valence-electron chi connectivity index (χ4n) is 2.27. The Kier molecular flexibility index (Phi) is 4.93. The third-order valence-electron chi connectivity index (χ3n) is 3.58. The molecule has 1 atom stereocenters. The molecule has 0 spiro atoms. The lowest BCUT2D eigenvalue weighted by molar-refractivity contribution is 0.598. The first-order valence-electron chi connectivity index (χ1n) is 7.29. The molecule has 1 aliphatic rings. The maximum Gasteiger partial charge on any atom is 0.238 e. The Morgan fingerprint density at radius 1 is 1.29 bits per heavy atom. The third-order valence-corrected chi connectivity index (χ3v) is 5.78. The fourth-order valence-corrected chi connectivity index (χ4v) is 3.89. The maximum absolute atomic E-state index is 11.3. The van der Waals surface area contributed by atoms with Crippen LogP contribution in [0.15, 0.2) is 46.2 Å². The SMILES string of the molecule is CCC1NSc2cc(Nc3ccc(S(N)(=O)=O)cc3)c(Cl)cc2N1. The van der Waals surface area contributed by atoms with Gasteiger partial charge in [0.2, 0.25) is 10.0 Å². The molecule has 0 amide bonds. The number of benzene rings is 2. The van der Waals surface area contributed by atoms with Crippen LogP contribution < -0.4 is 20.5 Å². The van der Waals surface area contributed by atoms with Gasteiger partial charge in [-0.15, -0.1) is 0 Å². The van der Waals surface area contributed by atoms with Crippen LogP contribution in [0.25, 0.3) is 0 Å². The molecule has 5 N–H and O–H groups in total.